The minimum atomic E-state index is -1.07. The van der Waals surface area contributed by atoms with Crippen LogP contribution >= 0.6 is 0 Å². The fraction of sp³-hybridized carbons (Fsp3) is 0.429. The van der Waals surface area contributed by atoms with E-state index < -0.39 is 11.5 Å². The standard InChI is InChI=1S/C14H15NO5/c1-19-11-7-9(13(17)18)6-10(12(11)20-2)14(15-8-16)4-3-5-14/h6-7H,3-5H2,1-2H3,(H,17,18). The number of carboxylic acid groups (broad SMARTS) is 1. The third kappa shape index (κ3) is 2.14. The Bertz CT molecular complexity index is 585. The summed E-state index contributed by atoms with van der Waals surface area (Å²) in [6.45, 7) is 0. The minimum absolute atomic E-state index is 0.0741. The van der Waals surface area contributed by atoms with Crippen molar-refractivity contribution in [2.45, 2.75) is 24.8 Å². The summed E-state index contributed by atoms with van der Waals surface area (Å²) in [6, 6.07) is 2.88. The van der Waals surface area contributed by atoms with E-state index in [1.165, 1.54) is 26.4 Å². The van der Waals surface area contributed by atoms with Gasteiger partial charge >= 0.3 is 5.97 Å². The summed E-state index contributed by atoms with van der Waals surface area (Å²) in [7, 11) is 2.91. The predicted octanol–water partition coefficient (Wildman–Crippen LogP) is 2.12. The second-order valence-electron chi connectivity index (χ2n) is 4.65. The lowest BCUT2D eigenvalue weighted by Crippen LogP contribution is -2.32. The Morgan fingerprint density at radius 1 is 1.35 bits per heavy atom. The van der Waals surface area contributed by atoms with Gasteiger partial charge in [-0.3, -0.25) is 0 Å². The summed E-state index contributed by atoms with van der Waals surface area (Å²) in [6.07, 6.45) is 3.80. The number of carboxylic acids is 1. The first-order valence-corrected chi connectivity index (χ1v) is 6.17. The van der Waals surface area contributed by atoms with E-state index in [2.05, 4.69) is 4.99 Å². The van der Waals surface area contributed by atoms with Crippen LogP contribution in [0.2, 0.25) is 0 Å². The predicted molar refractivity (Wildman–Crippen MR) is 70.2 cm³/mol. The van der Waals surface area contributed by atoms with Crippen molar-refractivity contribution in [2.75, 3.05) is 14.2 Å². The molecule has 0 radical (unpaired) electrons. The first kappa shape index (κ1) is 14.1. The first-order valence-electron chi connectivity index (χ1n) is 6.17. The molecule has 6 nitrogen and oxygen atoms in total. The van der Waals surface area contributed by atoms with E-state index in [0.717, 1.165) is 6.42 Å². The van der Waals surface area contributed by atoms with Gasteiger partial charge in [0, 0.05) is 5.56 Å². The summed E-state index contributed by atoms with van der Waals surface area (Å²) in [4.78, 5) is 25.8. The molecule has 2 rings (SSSR count). The monoisotopic (exact) mass is 277 g/mol. The van der Waals surface area contributed by atoms with Crippen molar-refractivity contribution >= 4 is 12.0 Å². The maximum atomic E-state index is 11.2. The zero-order valence-corrected chi connectivity index (χ0v) is 11.3. The maximum Gasteiger partial charge on any atom is 0.335 e. The van der Waals surface area contributed by atoms with E-state index in [1.54, 1.807) is 6.08 Å². The molecule has 0 aliphatic heterocycles. The highest BCUT2D eigenvalue weighted by molar-refractivity contribution is 5.89. The zero-order valence-electron chi connectivity index (χ0n) is 11.3. The Labute approximate surface area is 116 Å². The molecule has 0 aromatic heterocycles. The van der Waals surface area contributed by atoms with Crippen LogP contribution in [0.15, 0.2) is 17.1 Å². The molecule has 1 aromatic rings. The van der Waals surface area contributed by atoms with E-state index >= 15 is 0 Å². The molecule has 1 aliphatic carbocycles. The van der Waals surface area contributed by atoms with Gasteiger partial charge in [0.15, 0.2) is 11.5 Å². The lowest BCUT2D eigenvalue weighted by Gasteiger charge is -2.38. The highest BCUT2D eigenvalue weighted by Gasteiger charge is 2.42. The van der Waals surface area contributed by atoms with Crippen LogP contribution in [0.3, 0.4) is 0 Å². The van der Waals surface area contributed by atoms with Crippen LogP contribution in [0.4, 0.5) is 0 Å². The van der Waals surface area contributed by atoms with Crippen molar-refractivity contribution in [1.82, 2.24) is 0 Å². The molecule has 1 saturated carbocycles. The number of hydrogen-bond donors (Lipinski definition) is 1. The molecule has 1 aromatic carbocycles. The summed E-state index contributed by atoms with van der Waals surface area (Å²) in [5.41, 5.74) is -0.109. The Morgan fingerprint density at radius 3 is 2.45 bits per heavy atom. The third-order valence-electron chi connectivity index (χ3n) is 3.67. The van der Waals surface area contributed by atoms with E-state index in [-0.39, 0.29) is 5.56 Å². The Kier molecular flexibility index (Phi) is 3.77. The van der Waals surface area contributed by atoms with Crippen LogP contribution < -0.4 is 9.47 Å². The Morgan fingerprint density at radius 2 is 2.05 bits per heavy atom. The lowest BCUT2D eigenvalue weighted by atomic mass is 9.71. The number of carbonyl (C=O) groups excluding carboxylic acids is 1. The van der Waals surface area contributed by atoms with Gasteiger partial charge in [-0.1, -0.05) is 0 Å². The second-order valence-corrected chi connectivity index (χ2v) is 4.65. The quantitative estimate of drug-likeness (QED) is 0.658. The number of aliphatic imine (C=N–C) groups is 1. The summed E-state index contributed by atoms with van der Waals surface area (Å²) >= 11 is 0. The van der Waals surface area contributed by atoms with Crippen molar-refractivity contribution in [3.63, 3.8) is 0 Å². The van der Waals surface area contributed by atoms with Crippen molar-refractivity contribution in [2.24, 2.45) is 4.99 Å². The highest BCUT2D eigenvalue weighted by Crippen LogP contribution is 2.50. The molecular formula is C14H15NO5. The Balaban J connectivity index is 2.68. The fourth-order valence-corrected chi connectivity index (χ4v) is 2.47. The van der Waals surface area contributed by atoms with Crippen LogP contribution in [0.1, 0.15) is 35.2 Å². The normalized spacial score (nSPS) is 15.7. The molecule has 0 bridgehead atoms. The van der Waals surface area contributed by atoms with Gasteiger partial charge in [-0.25, -0.2) is 9.59 Å². The van der Waals surface area contributed by atoms with Gasteiger partial charge in [0.25, 0.3) is 0 Å². The van der Waals surface area contributed by atoms with Gasteiger partial charge in [-0.2, -0.15) is 4.99 Å². The second kappa shape index (κ2) is 5.35. The fourth-order valence-electron chi connectivity index (χ4n) is 2.47. The zero-order chi connectivity index (χ0) is 14.8. The average molecular weight is 277 g/mol. The van der Waals surface area contributed by atoms with Crippen molar-refractivity contribution < 1.29 is 24.2 Å². The van der Waals surface area contributed by atoms with Gasteiger partial charge in [-0.05, 0) is 31.4 Å². The number of nitrogens with zero attached hydrogens (tertiary/aromatic N) is 1. The number of hydrogen-bond acceptors (Lipinski definition) is 5. The number of carbonyl (C=O) groups is 1. The number of benzene rings is 1. The van der Waals surface area contributed by atoms with E-state index in [9.17, 15) is 14.7 Å². The summed E-state index contributed by atoms with van der Waals surface area (Å²) in [5.74, 6) is -0.345. The minimum Gasteiger partial charge on any atom is -0.493 e. The third-order valence-corrected chi connectivity index (χ3v) is 3.67. The number of aromatic carboxylic acids is 1. The molecule has 0 saturated heterocycles. The first-order chi connectivity index (χ1) is 9.57. The van der Waals surface area contributed by atoms with E-state index in [4.69, 9.17) is 9.47 Å². The smallest absolute Gasteiger partial charge is 0.335 e. The van der Waals surface area contributed by atoms with Gasteiger partial charge in [0.05, 0.1) is 19.8 Å². The SMILES string of the molecule is COc1cc(C(=O)O)cc(C2(N=C=O)CCC2)c1OC. The largest absolute Gasteiger partial charge is 0.493 e. The lowest BCUT2D eigenvalue weighted by molar-refractivity contribution is 0.0696. The molecule has 1 aliphatic rings. The molecule has 0 amide bonds. The van der Waals surface area contributed by atoms with Crippen LogP contribution in [0, 0.1) is 0 Å². The molecule has 0 spiro atoms. The van der Waals surface area contributed by atoms with Crippen LogP contribution in [0.5, 0.6) is 11.5 Å². The number of methoxy groups -OCH3 is 2. The van der Waals surface area contributed by atoms with Gasteiger partial charge in [0.2, 0.25) is 6.08 Å². The summed E-state index contributed by atoms with van der Waals surface area (Å²) in [5, 5.41) is 9.17. The topological polar surface area (TPSA) is 85.2 Å². The summed E-state index contributed by atoms with van der Waals surface area (Å²) < 4.78 is 10.5. The van der Waals surface area contributed by atoms with Crippen LogP contribution in [-0.2, 0) is 10.3 Å². The maximum absolute atomic E-state index is 11.2. The number of ether oxygens (including phenoxy) is 2. The molecule has 0 unspecified atom stereocenters. The molecule has 1 N–H and O–H groups in total. The molecule has 106 valence electrons. The van der Waals surface area contributed by atoms with Crippen molar-refractivity contribution in [3.05, 3.63) is 23.3 Å². The molecule has 20 heavy (non-hydrogen) atoms. The number of isocyanates is 1. The van der Waals surface area contributed by atoms with Gasteiger partial charge < -0.3 is 14.6 Å². The van der Waals surface area contributed by atoms with Gasteiger partial charge in [-0.15, -0.1) is 0 Å². The molecular weight excluding hydrogens is 262 g/mol. The molecule has 0 atom stereocenters. The van der Waals surface area contributed by atoms with Crippen molar-refractivity contribution in [1.29, 1.82) is 0 Å². The van der Waals surface area contributed by atoms with Crippen LogP contribution in [0.25, 0.3) is 0 Å². The highest BCUT2D eigenvalue weighted by atomic mass is 16.5. The van der Waals surface area contributed by atoms with Crippen molar-refractivity contribution in [3.8, 4) is 11.5 Å². The van der Waals surface area contributed by atoms with Crippen LogP contribution in [-0.4, -0.2) is 31.4 Å². The molecule has 0 heterocycles. The van der Waals surface area contributed by atoms with Gasteiger partial charge in [0.1, 0.15) is 5.54 Å². The average Bonchev–Trinajstić information content (AvgIpc) is 2.41. The van der Waals surface area contributed by atoms with E-state index in [1.807, 2.05) is 0 Å². The van der Waals surface area contributed by atoms with E-state index in [0.29, 0.717) is 29.9 Å². The number of rotatable bonds is 5. The molecule has 1 fully saturated rings. The Hall–Kier alpha value is -2.33. The molecule has 6 heteroatoms.